The summed E-state index contributed by atoms with van der Waals surface area (Å²) in [7, 11) is 0. The van der Waals surface area contributed by atoms with E-state index in [1.54, 1.807) is 5.32 Å². The summed E-state index contributed by atoms with van der Waals surface area (Å²) in [5.41, 5.74) is 0.438. The molecule has 2 atom stereocenters. The minimum atomic E-state index is -1.10. The SMILES string of the molecule is CCC(C)C([NH2+]CCC(=O)c1ccc(F)cc1)C(=O)[O-]. The van der Waals surface area contributed by atoms with E-state index in [1.807, 2.05) is 13.8 Å². The molecule has 0 saturated carbocycles. The summed E-state index contributed by atoms with van der Waals surface area (Å²) in [6.45, 7) is 4.13. The van der Waals surface area contributed by atoms with Crippen LogP contribution in [0.25, 0.3) is 0 Å². The second-order valence-electron chi connectivity index (χ2n) is 4.93. The number of quaternary nitrogens is 1. The largest absolute Gasteiger partial charge is 0.544 e. The smallest absolute Gasteiger partial charge is 0.168 e. The zero-order valence-electron chi connectivity index (χ0n) is 11.8. The van der Waals surface area contributed by atoms with Crippen LogP contribution in [0.4, 0.5) is 4.39 Å². The van der Waals surface area contributed by atoms with E-state index in [-0.39, 0.29) is 23.9 Å². The van der Waals surface area contributed by atoms with Crippen molar-refractivity contribution in [2.75, 3.05) is 6.54 Å². The predicted molar refractivity (Wildman–Crippen MR) is 70.4 cm³/mol. The molecule has 0 bridgehead atoms. The van der Waals surface area contributed by atoms with E-state index in [2.05, 4.69) is 0 Å². The van der Waals surface area contributed by atoms with Gasteiger partial charge in [0.2, 0.25) is 0 Å². The number of ketones is 1. The molecule has 1 rings (SSSR count). The Hall–Kier alpha value is -1.75. The number of hydrogen-bond acceptors (Lipinski definition) is 3. The average Bonchev–Trinajstić information content (AvgIpc) is 2.43. The Morgan fingerprint density at radius 3 is 2.40 bits per heavy atom. The molecule has 2 unspecified atom stereocenters. The summed E-state index contributed by atoms with van der Waals surface area (Å²) in [5, 5.41) is 12.6. The van der Waals surface area contributed by atoms with Crippen LogP contribution in [0.5, 0.6) is 0 Å². The second kappa shape index (κ2) is 7.75. The molecule has 0 amide bonds. The van der Waals surface area contributed by atoms with E-state index in [0.717, 1.165) is 6.42 Å². The van der Waals surface area contributed by atoms with E-state index < -0.39 is 12.0 Å². The molecule has 2 N–H and O–H groups in total. The molecule has 110 valence electrons. The number of carbonyl (C=O) groups excluding carboxylic acids is 2. The lowest BCUT2D eigenvalue weighted by Crippen LogP contribution is -2.94. The van der Waals surface area contributed by atoms with Gasteiger partial charge in [-0.05, 0) is 30.7 Å². The normalized spacial score (nSPS) is 13.8. The summed E-state index contributed by atoms with van der Waals surface area (Å²) >= 11 is 0. The minimum absolute atomic E-state index is 0.0130. The summed E-state index contributed by atoms with van der Waals surface area (Å²) in [4.78, 5) is 22.9. The van der Waals surface area contributed by atoms with Crippen molar-refractivity contribution in [1.29, 1.82) is 0 Å². The molecule has 0 fully saturated rings. The van der Waals surface area contributed by atoms with Crippen molar-refractivity contribution >= 4 is 11.8 Å². The van der Waals surface area contributed by atoms with Crippen molar-refractivity contribution < 1.29 is 24.4 Å². The number of carbonyl (C=O) groups is 2. The van der Waals surface area contributed by atoms with Crippen molar-refractivity contribution in [3.8, 4) is 0 Å². The molecular formula is C15H20FNO3. The van der Waals surface area contributed by atoms with Gasteiger partial charge in [-0.2, -0.15) is 0 Å². The Bertz CT molecular complexity index is 459. The average molecular weight is 281 g/mol. The van der Waals surface area contributed by atoms with Gasteiger partial charge in [-0.25, -0.2) is 4.39 Å². The minimum Gasteiger partial charge on any atom is -0.544 e. The van der Waals surface area contributed by atoms with Gasteiger partial charge in [0.05, 0.1) is 18.9 Å². The zero-order chi connectivity index (χ0) is 15.1. The molecule has 1 aromatic rings. The molecule has 0 spiro atoms. The van der Waals surface area contributed by atoms with Crippen LogP contribution in [0.15, 0.2) is 24.3 Å². The molecule has 0 aliphatic carbocycles. The molecule has 0 heterocycles. The first-order valence-electron chi connectivity index (χ1n) is 6.78. The van der Waals surface area contributed by atoms with Crippen LogP contribution in [-0.4, -0.2) is 24.3 Å². The van der Waals surface area contributed by atoms with Crippen molar-refractivity contribution in [1.82, 2.24) is 0 Å². The highest BCUT2D eigenvalue weighted by Gasteiger charge is 2.20. The van der Waals surface area contributed by atoms with Gasteiger partial charge in [0.1, 0.15) is 11.9 Å². The van der Waals surface area contributed by atoms with Crippen LogP contribution >= 0.6 is 0 Å². The van der Waals surface area contributed by atoms with Gasteiger partial charge in [-0.3, -0.25) is 4.79 Å². The Balaban J connectivity index is 2.48. The highest BCUT2D eigenvalue weighted by Crippen LogP contribution is 2.06. The van der Waals surface area contributed by atoms with Crippen LogP contribution in [0.3, 0.4) is 0 Å². The predicted octanol–water partition coefficient (Wildman–Crippen LogP) is 0.126. The van der Waals surface area contributed by atoms with Gasteiger partial charge in [0.15, 0.2) is 5.78 Å². The van der Waals surface area contributed by atoms with Crippen LogP contribution in [0.2, 0.25) is 0 Å². The molecular weight excluding hydrogens is 261 g/mol. The number of carboxylic acids is 1. The number of Topliss-reactive ketones (excluding diaryl/α,β-unsaturated/α-hetero) is 1. The van der Waals surface area contributed by atoms with Gasteiger partial charge in [0.25, 0.3) is 0 Å². The molecule has 0 aromatic heterocycles. The molecule has 5 heteroatoms. The first-order chi connectivity index (χ1) is 9.45. The maximum Gasteiger partial charge on any atom is 0.168 e. The topological polar surface area (TPSA) is 73.8 Å². The lowest BCUT2D eigenvalue weighted by atomic mass is 9.99. The number of benzene rings is 1. The van der Waals surface area contributed by atoms with Gasteiger partial charge >= 0.3 is 0 Å². The lowest BCUT2D eigenvalue weighted by Gasteiger charge is -2.21. The van der Waals surface area contributed by atoms with Crippen molar-refractivity contribution in [3.63, 3.8) is 0 Å². The van der Waals surface area contributed by atoms with E-state index in [1.165, 1.54) is 24.3 Å². The lowest BCUT2D eigenvalue weighted by molar-refractivity contribution is -0.688. The number of carboxylic acid groups (broad SMARTS) is 1. The van der Waals surface area contributed by atoms with E-state index in [4.69, 9.17) is 0 Å². The van der Waals surface area contributed by atoms with E-state index in [0.29, 0.717) is 12.1 Å². The Morgan fingerprint density at radius 2 is 1.90 bits per heavy atom. The van der Waals surface area contributed by atoms with E-state index in [9.17, 15) is 19.1 Å². The fourth-order valence-corrected chi connectivity index (χ4v) is 1.99. The van der Waals surface area contributed by atoms with Crippen molar-refractivity contribution in [2.45, 2.75) is 32.7 Å². The third-order valence-electron chi connectivity index (χ3n) is 3.49. The highest BCUT2D eigenvalue weighted by atomic mass is 19.1. The summed E-state index contributed by atoms with van der Waals surface area (Å²) in [5.74, 6) is -1.63. The zero-order valence-corrected chi connectivity index (χ0v) is 11.8. The molecule has 0 saturated heterocycles. The quantitative estimate of drug-likeness (QED) is 0.688. The summed E-state index contributed by atoms with van der Waals surface area (Å²) in [6.07, 6.45) is 0.951. The molecule has 20 heavy (non-hydrogen) atoms. The maximum atomic E-state index is 12.7. The van der Waals surface area contributed by atoms with E-state index >= 15 is 0 Å². The van der Waals surface area contributed by atoms with Crippen LogP contribution in [-0.2, 0) is 4.79 Å². The highest BCUT2D eigenvalue weighted by molar-refractivity contribution is 5.96. The van der Waals surface area contributed by atoms with Gasteiger partial charge in [-0.15, -0.1) is 0 Å². The third kappa shape index (κ3) is 4.74. The summed E-state index contributed by atoms with van der Waals surface area (Å²) in [6, 6.07) is 4.70. The number of nitrogens with two attached hydrogens (primary N) is 1. The van der Waals surface area contributed by atoms with Gasteiger partial charge in [-0.1, -0.05) is 13.8 Å². The first kappa shape index (κ1) is 16.3. The number of aliphatic carboxylic acids is 1. The Morgan fingerprint density at radius 1 is 1.30 bits per heavy atom. The van der Waals surface area contributed by atoms with Crippen molar-refractivity contribution in [3.05, 3.63) is 35.6 Å². The fraction of sp³-hybridized carbons (Fsp3) is 0.467. The van der Waals surface area contributed by atoms with Gasteiger partial charge < -0.3 is 15.2 Å². The standard InChI is InChI=1S/C15H20FNO3/c1-3-10(2)14(15(19)20)17-9-8-13(18)11-4-6-12(16)7-5-11/h4-7,10,14,17H,3,8-9H2,1-2H3,(H,19,20). The first-order valence-corrected chi connectivity index (χ1v) is 6.78. The third-order valence-corrected chi connectivity index (χ3v) is 3.49. The van der Waals surface area contributed by atoms with Crippen LogP contribution < -0.4 is 10.4 Å². The molecule has 0 aliphatic rings. The molecule has 4 nitrogen and oxygen atoms in total. The Kier molecular flexibility index (Phi) is 6.31. The van der Waals surface area contributed by atoms with Crippen molar-refractivity contribution in [2.24, 2.45) is 5.92 Å². The monoisotopic (exact) mass is 281 g/mol. The van der Waals surface area contributed by atoms with Gasteiger partial charge in [0, 0.05) is 11.5 Å². The van der Waals surface area contributed by atoms with Crippen LogP contribution in [0, 0.1) is 11.7 Å². The second-order valence-corrected chi connectivity index (χ2v) is 4.93. The maximum absolute atomic E-state index is 12.7. The molecule has 0 radical (unpaired) electrons. The molecule has 0 aliphatic heterocycles. The number of hydrogen-bond donors (Lipinski definition) is 1. The fourth-order valence-electron chi connectivity index (χ4n) is 1.99. The Labute approximate surface area is 118 Å². The number of rotatable bonds is 8. The number of halogens is 1. The summed E-state index contributed by atoms with van der Waals surface area (Å²) < 4.78 is 12.7. The molecule has 1 aromatic carbocycles. The van der Waals surface area contributed by atoms with Crippen LogP contribution in [0.1, 0.15) is 37.0 Å².